The molecule has 16 heavy (non-hydrogen) atoms. The Labute approximate surface area is 98.0 Å². The number of hydrogen-bond acceptors (Lipinski definition) is 2. The number of aliphatic hydroxyl groups excluding tert-OH is 1. The van der Waals surface area contributed by atoms with E-state index in [-0.39, 0.29) is 6.61 Å². The summed E-state index contributed by atoms with van der Waals surface area (Å²) in [4.78, 5) is 0. The molecular weight excluding hydrogens is 198 g/mol. The lowest BCUT2D eigenvalue weighted by Gasteiger charge is -2.12. The third-order valence-corrected chi connectivity index (χ3v) is 2.50. The fraction of sp³-hybridized carbons (Fsp3) is 0.429. The van der Waals surface area contributed by atoms with Crippen LogP contribution in [0.1, 0.15) is 25.8 Å². The van der Waals surface area contributed by atoms with Crippen LogP contribution < -0.4 is 5.32 Å². The van der Waals surface area contributed by atoms with Crippen molar-refractivity contribution in [2.24, 2.45) is 0 Å². The second-order valence-corrected chi connectivity index (χ2v) is 4.20. The first kappa shape index (κ1) is 12.9. The van der Waals surface area contributed by atoms with Gasteiger partial charge in [-0.25, -0.2) is 0 Å². The second kappa shape index (κ2) is 7.20. The maximum absolute atomic E-state index is 8.78. The van der Waals surface area contributed by atoms with Crippen LogP contribution in [0.2, 0.25) is 0 Å². The highest BCUT2D eigenvalue weighted by Crippen LogP contribution is 2.05. The summed E-state index contributed by atoms with van der Waals surface area (Å²) in [6, 6.07) is 10.7. The molecule has 0 radical (unpaired) electrons. The Morgan fingerprint density at radius 3 is 2.69 bits per heavy atom. The molecule has 1 rings (SSSR count). The Hall–Kier alpha value is -1.12. The van der Waals surface area contributed by atoms with Gasteiger partial charge in [-0.15, -0.1) is 0 Å². The highest BCUT2D eigenvalue weighted by Gasteiger charge is 1.99. The maximum atomic E-state index is 8.78. The normalized spacial score (nSPS) is 13.8. The minimum atomic E-state index is 0.246. The zero-order chi connectivity index (χ0) is 11.8. The van der Waals surface area contributed by atoms with E-state index in [0.717, 1.165) is 13.0 Å². The van der Waals surface area contributed by atoms with Gasteiger partial charge in [0, 0.05) is 19.2 Å². The number of hydrogen-bond donors (Lipinski definition) is 2. The smallest absolute Gasteiger partial charge is 0.0445 e. The van der Waals surface area contributed by atoms with Crippen molar-refractivity contribution in [2.75, 3.05) is 13.2 Å². The van der Waals surface area contributed by atoms with Gasteiger partial charge in [-0.1, -0.05) is 42.0 Å². The van der Waals surface area contributed by atoms with E-state index in [1.165, 1.54) is 11.1 Å². The molecule has 0 aromatic heterocycles. The van der Waals surface area contributed by atoms with E-state index in [1.54, 1.807) is 0 Å². The molecule has 0 aliphatic rings. The topological polar surface area (TPSA) is 32.3 Å². The van der Waals surface area contributed by atoms with Crippen LogP contribution in [-0.4, -0.2) is 24.3 Å². The second-order valence-electron chi connectivity index (χ2n) is 4.20. The Balaban J connectivity index is 2.40. The molecule has 1 unspecified atom stereocenters. The van der Waals surface area contributed by atoms with Gasteiger partial charge in [-0.3, -0.25) is 0 Å². The molecule has 88 valence electrons. The summed E-state index contributed by atoms with van der Waals surface area (Å²) in [5.41, 5.74) is 2.53. The molecule has 0 saturated heterocycles. The average molecular weight is 219 g/mol. The lowest BCUT2D eigenvalue weighted by molar-refractivity contribution is 0.270. The molecule has 0 saturated carbocycles. The van der Waals surface area contributed by atoms with Crippen molar-refractivity contribution in [1.29, 1.82) is 0 Å². The lowest BCUT2D eigenvalue weighted by Crippen LogP contribution is -2.28. The maximum Gasteiger partial charge on any atom is 0.0445 e. The van der Waals surface area contributed by atoms with E-state index >= 15 is 0 Å². The summed E-state index contributed by atoms with van der Waals surface area (Å²) in [7, 11) is 0. The Kier molecular flexibility index (Phi) is 5.83. The van der Waals surface area contributed by atoms with Crippen molar-refractivity contribution >= 4 is 6.08 Å². The zero-order valence-electron chi connectivity index (χ0n) is 10.1. The van der Waals surface area contributed by atoms with Crippen LogP contribution >= 0.6 is 0 Å². The number of benzene rings is 1. The molecule has 1 aromatic carbocycles. The van der Waals surface area contributed by atoms with Crippen LogP contribution in [0.15, 0.2) is 35.9 Å². The summed E-state index contributed by atoms with van der Waals surface area (Å²) < 4.78 is 0. The number of rotatable bonds is 6. The van der Waals surface area contributed by atoms with Gasteiger partial charge in [0.1, 0.15) is 0 Å². The largest absolute Gasteiger partial charge is 0.396 e. The molecule has 0 aliphatic carbocycles. The average Bonchev–Trinajstić information content (AvgIpc) is 2.28. The van der Waals surface area contributed by atoms with Crippen LogP contribution in [-0.2, 0) is 0 Å². The first-order valence-electron chi connectivity index (χ1n) is 5.79. The molecule has 0 fully saturated rings. The van der Waals surface area contributed by atoms with Crippen LogP contribution in [0, 0.1) is 0 Å². The molecule has 0 spiro atoms. The standard InChI is InChI=1S/C14H21NO/c1-12(11-15-13(2)8-9-16)10-14-6-4-3-5-7-14/h3-7,10,13,15-16H,8-9,11H2,1-2H3/b12-10+. The monoisotopic (exact) mass is 219 g/mol. The highest BCUT2D eigenvalue weighted by molar-refractivity contribution is 5.52. The zero-order valence-corrected chi connectivity index (χ0v) is 10.1. The molecule has 0 aliphatic heterocycles. The van der Waals surface area contributed by atoms with Gasteiger partial charge in [0.15, 0.2) is 0 Å². The summed E-state index contributed by atoms with van der Waals surface area (Å²) in [5.74, 6) is 0. The van der Waals surface area contributed by atoms with Gasteiger partial charge in [-0.05, 0) is 25.8 Å². The van der Waals surface area contributed by atoms with Crippen LogP contribution in [0.25, 0.3) is 6.08 Å². The van der Waals surface area contributed by atoms with Crippen molar-refractivity contribution in [2.45, 2.75) is 26.3 Å². The third kappa shape index (κ3) is 5.10. The summed E-state index contributed by atoms with van der Waals surface area (Å²) in [5, 5.41) is 12.2. The third-order valence-electron chi connectivity index (χ3n) is 2.50. The minimum Gasteiger partial charge on any atom is -0.396 e. The van der Waals surface area contributed by atoms with Gasteiger partial charge < -0.3 is 10.4 Å². The van der Waals surface area contributed by atoms with E-state index in [4.69, 9.17) is 5.11 Å². The van der Waals surface area contributed by atoms with Gasteiger partial charge in [0.2, 0.25) is 0 Å². The van der Waals surface area contributed by atoms with Crippen molar-refractivity contribution in [1.82, 2.24) is 5.32 Å². The highest BCUT2D eigenvalue weighted by atomic mass is 16.3. The predicted octanol–water partition coefficient (Wildman–Crippen LogP) is 2.45. The first-order valence-corrected chi connectivity index (χ1v) is 5.79. The Morgan fingerprint density at radius 1 is 1.38 bits per heavy atom. The van der Waals surface area contributed by atoms with Crippen LogP contribution in [0.3, 0.4) is 0 Å². The van der Waals surface area contributed by atoms with Crippen molar-refractivity contribution in [3.8, 4) is 0 Å². The van der Waals surface area contributed by atoms with Gasteiger partial charge in [0.25, 0.3) is 0 Å². The van der Waals surface area contributed by atoms with E-state index in [9.17, 15) is 0 Å². The fourth-order valence-electron chi connectivity index (χ4n) is 1.52. The van der Waals surface area contributed by atoms with Crippen molar-refractivity contribution in [3.05, 3.63) is 41.5 Å². The molecule has 2 heteroatoms. The number of nitrogens with one attached hydrogen (secondary N) is 1. The van der Waals surface area contributed by atoms with Crippen LogP contribution in [0.4, 0.5) is 0 Å². The van der Waals surface area contributed by atoms with Gasteiger partial charge in [-0.2, -0.15) is 0 Å². The van der Waals surface area contributed by atoms with Gasteiger partial charge >= 0.3 is 0 Å². The molecule has 0 amide bonds. The quantitative estimate of drug-likeness (QED) is 0.770. The van der Waals surface area contributed by atoms with E-state index in [0.29, 0.717) is 6.04 Å². The summed E-state index contributed by atoms with van der Waals surface area (Å²) in [6.45, 7) is 5.32. The summed E-state index contributed by atoms with van der Waals surface area (Å²) >= 11 is 0. The fourth-order valence-corrected chi connectivity index (χ4v) is 1.52. The van der Waals surface area contributed by atoms with Gasteiger partial charge in [0.05, 0.1) is 0 Å². The minimum absolute atomic E-state index is 0.246. The SMILES string of the molecule is C/C(=C\c1ccccc1)CNC(C)CCO. The van der Waals surface area contributed by atoms with E-state index < -0.39 is 0 Å². The molecule has 2 nitrogen and oxygen atoms in total. The van der Waals surface area contributed by atoms with E-state index in [2.05, 4.69) is 37.4 Å². The van der Waals surface area contributed by atoms with E-state index in [1.807, 2.05) is 18.2 Å². The lowest BCUT2D eigenvalue weighted by atomic mass is 10.1. The van der Waals surface area contributed by atoms with Crippen molar-refractivity contribution < 1.29 is 5.11 Å². The Bertz CT molecular complexity index is 319. The van der Waals surface area contributed by atoms with Crippen LogP contribution in [0.5, 0.6) is 0 Å². The Morgan fingerprint density at radius 2 is 2.06 bits per heavy atom. The molecule has 0 bridgehead atoms. The molecule has 1 aromatic rings. The molecule has 1 atom stereocenters. The first-order chi connectivity index (χ1) is 7.72. The molecule has 0 heterocycles. The molecule has 2 N–H and O–H groups in total. The predicted molar refractivity (Wildman–Crippen MR) is 69.3 cm³/mol. The molecular formula is C14H21NO. The number of aliphatic hydroxyl groups is 1. The van der Waals surface area contributed by atoms with Crippen molar-refractivity contribution in [3.63, 3.8) is 0 Å². The summed E-state index contributed by atoms with van der Waals surface area (Å²) in [6.07, 6.45) is 2.98.